The third-order valence-electron chi connectivity index (χ3n) is 2.85. The highest BCUT2D eigenvalue weighted by Crippen LogP contribution is 2.28. The van der Waals surface area contributed by atoms with Crippen molar-refractivity contribution in [2.45, 2.75) is 38.9 Å². The summed E-state index contributed by atoms with van der Waals surface area (Å²) in [5, 5.41) is 13.0. The second-order valence-electron chi connectivity index (χ2n) is 5.04. The van der Waals surface area contributed by atoms with E-state index in [4.69, 9.17) is 14.7 Å². The average Bonchev–Trinajstić information content (AvgIpc) is 2.73. The molecule has 0 spiro atoms. The smallest absolute Gasteiger partial charge is 0.351 e. The highest BCUT2D eigenvalue weighted by atomic mass is 16.7. The molecule has 1 aromatic carbocycles. The zero-order valence-electron chi connectivity index (χ0n) is 11.2. The van der Waals surface area contributed by atoms with Crippen molar-refractivity contribution in [1.82, 2.24) is 0 Å². The first-order valence-electron chi connectivity index (χ1n) is 6.16. The highest BCUT2D eigenvalue weighted by Gasteiger charge is 2.42. The molecule has 1 aromatic rings. The van der Waals surface area contributed by atoms with Crippen molar-refractivity contribution in [1.29, 1.82) is 0 Å². The van der Waals surface area contributed by atoms with Crippen LogP contribution in [0.4, 0.5) is 0 Å². The van der Waals surface area contributed by atoms with Crippen LogP contribution >= 0.6 is 0 Å². The van der Waals surface area contributed by atoms with Crippen molar-refractivity contribution in [3.63, 3.8) is 0 Å². The van der Waals surface area contributed by atoms with Gasteiger partial charge in [-0.15, -0.1) is 0 Å². The lowest BCUT2D eigenvalue weighted by Crippen LogP contribution is -2.35. The summed E-state index contributed by atoms with van der Waals surface area (Å²) >= 11 is 0. The molecule has 102 valence electrons. The summed E-state index contributed by atoms with van der Waals surface area (Å²) in [7, 11) is 0. The number of nitrogens with zero attached hydrogens (tertiary/aromatic N) is 1. The second kappa shape index (κ2) is 4.91. The lowest BCUT2D eigenvalue weighted by atomic mass is 9.96. The van der Waals surface area contributed by atoms with Crippen molar-refractivity contribution in [3.8, 4) is 5.75 Å². The maximum absolute atomic E-state index is 11.1. The summed E-state index contributed by atoms with van der Waals surface area (Å²) in [6, 6.07) is 7.42. The SMILES string of the molecule is CC(C)Oc1cccc(C2=NO[C@](C)(C(=O)O)C2)c1. The summed E-state index contributed by atoms with van der Waals surface area (Å²) in [4.78, 5) is 16.1. The summed E-state index contributed by atoms with van der Waals surface area (Å²) in [5.41, 5.74) is 0.173. The number of hydrogen-bond acceptors (Lipinski definition) is 4. The van der Waals surface area contributed by atoms with Gasteiger partial charge in [-0.25, -0.2) is 4.79 Å². The fourth-order valence-electron chi connectivity index (χ4n) is 1.83. The number of aliphatic carboxylic acids is 1. The third kappa shape index (κ3) is 2.86. The highest BCUT2D eigenvalue weighted by molar-refractivity contribution is 6.04. The Bertz CT molecular complexity index is 524. The molecule has 1 atom stereocenters. The molecule has 5 heteroatoms. The largest absolute Gasteiger partial charge is 0.491 e. The molecule has 0 radical (unpaired) electrons. The first kappa shape index (κ1) is 13.4. The number of rotatable bonds is 4. The maximum Gasteiger partial charge on any atom is 0.351 e. The number of benzene rings is 1. The van der Waals surface area contributed by atoms with Gasteiger partial charge in [0, 0.05) is 12.0 Å². The first-order valence-corrected chi connectivity index (χ1v) is 6.16. The summed E-state index contributed by atoms with van der Waals surface area (Å²) in [6.07, 6.45) is 0.328. The standard InChI is InChI=1S/C14H17NO4/c1-9(2)18-11-6-4-5-10(7-11)12-8-14(3,13(16)17)19-15-12/h4-7,9H,8H2,1-3H3,(H,16,17)/t14-/m0/s1. The van der Waals surface area contributed by atoms with Crippen LogP contribution in [0.3, 0.4) is 0 Å². The quantitative estimate of drug-likeness (QED) is 0.906. The normalized spacial score (nSPS) is 22.0. The molecule has 0 amide bonds. The Balaban J connectivity index is 2.18. The van der Waals surface area contributed by atoms with E-state index in [1.165, 1.54) is 6.92 Å². The molecule has 5 nitrogen and oxygen atoms in total. The Morgan fingerprint density at radius 3 is 2.84 bits per heavy atom. The van der Waals surface area contributed by atoms with Crippen LogP contribution in [0.2, 0.25) is 0 Å². The van der Waals surface area contributed by atoms with Crippen LogP contribution in [-0.4, -0.2) is 28.5 Å². The van der Waals surface area contributed by atoms with Crippen molar-refractivity contribution < 1.29 is 19.5 Å². The molecular formula is C14H17NO4. The molecule has 19 heavy (non-hydrogen) atoms. The minimum atomic E-state index is -1.27. The molecule has 0 aromatic heterocycles. The van der Waals surface area contributed by atoms with Crippen molar-refractivity contribution >= 4 is 11.7 Å². The van der Waals surface area contributed by atoms with Crippen LogP contribution in [0.15, 0.2) is 29.4 Å². The van der Waals surface area contributed by atoms with E-state index in [0.29, 0.717) is 5.71 Å². The number of hydrogen-bond donors (Lipinski definition) is 1. The Morgan fingerprint density at radius 2 is 2.26 bits per heavy atom. The van der Waals surface area contributed by atoms with Gasteiger partial charge in [-0.1, -0.05) is 17.3 Å². The summed E-state index contributed by atoms with van der Waals surface area (Å²) < 4.78 is 5.60. The fraction of sp³-hybridized carbons (Fsp3) is 0.429. The zero-order valence-corrected chi connectivity index (χ0v) is 11.2. The van der Waals surface area contributed by atoms with Crippen LogP contribution < -0.4 is 4.74 Å². The maximum atomic E-state index is 11.1. The van der Waals surface area contributed by atoms with E-state index >= 15 is 0 Å². The molecule has 0 fully saturated rings. The number of carboxylic acids is 1. The molecule has 0 saturated carbocycles. The van der Waals surface area contributed by atoms with Crippen molar-refractivity contribution in [2.24, 2.45) is 5.16 Å². The van der Waals surface area contributed by atoms with Crippen LogP contribution in [0.25, 0.3) is 0 Å². The lowest BCUT2D eigenvalue weighted by Gasteiger charge is -2.14. The fourth-order valence-corrected chi connectivity index (χ4v) is 1.83. The van der Waals surface area contributed by atoms with E-state index in [0.717, 1.165) is 11.3 Å². The van der Waals surface area contributed by atoms with Crippen molar-refractivity contribution in [2.75, 3.05) is 0 Å². The lowest BCUT2D eigenvalue weighted by molar-refractivity contribution is -0.160. The monoisotopic (exact) mass is 263 g/mol. The Hall–Kier alpha value is -2.04. The van der Waals surface area contributed by atoms with E-state index in [1.807, 2.05) is 38.1 Å². The predicted octanol–water partition coefficient (Wildman–Crippen LogP) is 2.44. The number of oxime groups is 1. The molecule has 1 aliphatic heterocycles. The van der Waals surface area contributed by atoms with Gasteiger partial charge in [0.2, 0.25) is 5.60 Å². The molecule has 2 rings (SSSR count). The summed E-state index contributed by atoms with van der Waals surface area (Å²) in [6.45, 7) is 5.41. The minimum absolute atomic E-state index is 0.0845. The molecular weight excluding hydrogens is 246 g/mol. The van der Waals surface area contributed by atoms with Crippen LogP contribution in [-0.2, 0) is 9.63 Å². The minimum Gasteiger partial charge on any atom is -0.491 e. The molecule has 0 saturated heterocycles. The van der Waals surface area contributed by atoms with Crippen LogP contribution in [0.1, 0.15) is 32.8 Å². The van der Waals surface area contributed by atoms with Gasteiger partial charge in [-0.2, -0.15) is 0 Å². The summed E-state index contributed by atoms with van der Waals surface area (Å²) in [5.74, 6) is -0.278. The van der Waals surface area contributed by atoms with Gasteiger partial charge in [0.15, 0.2) is 0 Å². The van der Waals surface area contributed by atoms with E-state index in [-0.39, 0.29) is 12.5 Å². The first-order chi connectivity index (χ1) is 8.90. The van der Waals surface area contributed by atoms with Gasteiger partial charge in [0.05, 0.1) is 11.8 Å². The number of carboxylic acid groups (broad SMARTS) is 1. The molecule has 1 aliphatic rings. The Kier molecular flexibility index (Phi) is 3.46. The Labute approximate surface area is 111 Å². The van der Waals surface area contributed by atoms with Gasteiger partial charge >= 0.3 is 5.97 Å². The van der Waals surface area contributed by atoms with Gasteiger partial charge in [0.25, 0.3) is 0 Å². The topological polar surface area (TPSA) is 68.1 Å². The van der Waals surface area contributed by atoms with E-state index in [1.54, 1.807) is 0 Å². The van der Waals surface area contributed by atoms with Crippen LogP contribution in [0.5, 0.6) is 5.75 Å². The van der Waals surface area contributed by atoms with Gasteiger partial charge in [-0.05, 0) is 32.9 Å². The molecule has 0 aliphatic carbocycles. The third-order valence-corrected chi connectivity index (χ3v) is 2.85. The van der Waals surface area contributed by atoms with E-state index in [9.17, 15) is 4.79 Å². The van der Waals surface area contributed by atoms with E-state index in [2.05, 4.69) is 5.16 Å². The van der Waals surface area contributed by atoms with Gasteiger partial charge in [0.1, 0.15) is 5.75 Å². The van der Waals surface area contributed by atoms with Crippen LogP contribution in [0, 0.1) is 0 Å². The molecule has 1 heterocycles. The van der Waals surface area contributed by atoms with E-state index < -0.39 is 11.6 Å². The molecule has 0 bridgehead atoms. The molecule has 1 N–H and O–H groups in total. The van der Waals surface area contributed by atoms with Crippen molar-refractivity contribution in [3.05, 3.63) is 29.8 Å². The number of carbonyl (C=O) groups is 1. The predicted molar refractivity (Wildman–Crippen MR) is 70.5 cm³/mol. The average molecular weight is 263 g/mol. The second-order valence-corrected chi connectivity index (χ2v) is 5.04. The zero-order chi connectivity index (χ0) is 14.0. The molecule has 0 unspecified atom stereocenters. The Morgan fingerprint density at radius 1 is 1.53 bits per heavy atom. The van der Waals surface area contributed by atoms with Gasteiger partial charge in [-0.3, -0.25) is 0 Å². The number of ether oxygens (including phenoxy) is 1. The van der Waals surface area contributed by atoms with Gasteiger partial charge < -0.3 is 14.7 Å².